The summed E-state index contributed by atoms with van der Waals surface area (Å²) in [4.78, 5) is 19.1. The zero-order chi connectivity index (χ0) is 34.1. The van der Waals surface area contributed by atoms with Gasteiger partial charge in [-0.3, -0.25) is 4.79 Å². The van der Waals surface area contributed by atoms with Crippen molar-refractivity contribution < 1.29 is 35.5 Å². The minimum absolute atomic E-state index is 0.0614. The Morgan fingerprint density at radius 1 is 1.18 bits per heavy atom. The van der Waals surface area contributed by atoms with Crippen LogP contribution in [0.4, 0.5) is 42.4 Å². The maximum Gasteiger partial charge on any atom is 0.433 e. The molecule has 0 fully saturated rings. The van der Waals surface area contributed by atoms with Crippen molar-refractivity contribution in [3.8, 4) is 12.3 Å². The van der Waals surface area contributed by atoms with Gasteiger partial charge in [-0.05, 0) is 31.0 Å². The van der Waals surface area contributed by atoms with Crippen molar-refractivity contribution in [3.63, 3.8) is 0 Å². The summed E-state index contributed by atoms with van der Waals surface area (Å²) in [5, 5.41) is 10.9. The number of nitrogen functional groups attached to an aromatic ring is 1. The van der Waals surface area contributed by atoms with Gasteiger partial charge in [0.2, 0.25) is 0 Å². The Bertz CT molecular complexity index is 1420. The van der Waals surface area contributed by atoms with E-state index in [4.69, 9.17) is 12.2 Å². The molecule has 1 amide bonds. The molecule has 5 N–H and O–H groups in total. The molecule has 0 aliphatic heterocycles. The number of pyridine rings is 1. The van der Waals surface area contributed by atoms with Gasteiger partial charge in [0.1, 0.15) is 35.7 Å². The van der Waals surface area contributed by atoms with E-state index in [-0.39, 0.29) is 35.9 Å². The summed E-state index contributed by atoms with van der Waals surface area (Å²) < 4.78 is 86.3. The molecule has 44 heavy (non-hydrogen) atoms. The highest BCUT2D eigenvalue weighted by atomic mass is 19.4. The van der Waals surface area contributed by atoms with Gasteiger partial charge in [-0.2, -0.15) is 31.4 Å². The number of halogens is 7. The first kappa shape index (κ1) is 39.2. The van der Waals surface area contributed by atoms with Crippen molar-refractivity contribution in [2.45, 2.75) is 46.0 Å². The standard InChI is InChI=1S/C12H12F3N5O.C7H7F3N2.C7H10FN.C2H6/c1-2-3-7-8(11(21)17-5-12(13,14)15)4-20-9(7)10(16)18-6-19-20;1-11-6-4-2-3-5(12-6)7(8,9)10;1-4-5-7(8)6(2)9-3;1-2/h2,4,6H,1,3,5H2,(H,17,21)(H2,16,18,19);2-4H,1H3,(H,11,12);1,9H,5H2,2-3H3;1-2H3/b;;7-6-;. The smallest absolute Gasteiger partial charge is 0.390 e. The van der Waals surface area contributed by atoms with E-state index in [0.29, 0.717) is 16.8 Å². The number of amides is 1. The molecule has 3 aromatic rings. The fourth-order valence-electron chi connectivity index (χ4n) is 3.01. The van der Waals surface area contributed by atoms with E-state index in [1.807, 2.05) is 19.2 Å². The van der Waals surface area contributed by atoms with Crippen molar-refractivity contribution >= 4 is 23.1 Å². The topological polar surface area (TPSA) is 122 Å². The molecule has 0 bridgehead atoms. The molecule has 0 aliphatic carbocycles. The van der Waals surface area contributed by atoms with E-state index >= 15 is 0 Å². The van der Waals surface area contributed by atoms with Crippen molar-refractivity contribution in [3.05, 3.63) is 71.7 Å². The summed E-state index contributed by atoms with van der Waals surface area (Å²) in [6, 6.07) is 3.71. The number of terminal acetylenes is 1. The minimum Gasteiger partial charge on any atom is -0.390 e. The molecule has 242 valence electrons. The lowest BCUT2D eigenvalue weighted by Gasteiger charge is -2.08. The third-order valence-corrected chi connectivity index (χ3v) is 5.08. The van der Waals surface area contributed by atoms with Crippen molar-refractivity contribution in [2.24, 2.45) is 0 Å². The lowest BCUT2D eigenvalue weighted by Crippen LogP contribution is -2.33. The molecule has 0 atom stereocenters. The van der Waals surface area contributed by atoms with Gasteiger partial charge >= 0.3 is 12.4 Å². The molecular weight excluding hydrogens is 597 g/mol. The van der Waals surface area contributed by atoms with Crippen LogP contribution in [0.5, 0.6) is 0 Å². The van der Waals surface area contributed by atoms with Gasteiger partial charge < -0.3 is 21.7 Å². The fraction of sp³-hybridized carbons (Fsp3) is 0.357. The zero-order valence-electron chi connectivity index (χ0n) is 24.8. The average molecular weight is 633 g/mol. The predicted octanol–water partition coefficient (Wildman–Crippen LogP) is 5.93. The zero-order valence-corrected chi connectivity index (χ0v) is 24.8. The Balaban J connectivity index is 0.000000681. The van der Waals surface area contributed by atoms with E-state index in [0.717, 1.165) is 6.07 Å². The SMILES string of the molecule is C#CC/C(F)=C(\C)NC.C=CCc1c(C(=O)NCC(F)(F)F)cn2ncnc(N)c12.CC.CNc1cccc(C(F)(F)F)n1. The number of aromatic nitrogens is 4. The second-order valence-electron chi connectivity index (χ2n) is 8.07. The number of nitrogens with two attached hydrogens (primary N) is 1. The van der Waals surface area contributed by atoms with Crippen LogP contribution in [-0.4, -0.2) is 52.3 Å². The van der Waals surface area contributed by atoms with Crippen molar-refractivity contribution in [1.29, 1.82) is 0 Å². The van der Waals surface area contributed by atoms with Crippen LogP contribution in [0.2, 0.25) is 0 Å². The third kappa shape index (κ3) is 13.0. The first-order valence-electron chi connectivity index (χ1n) is 12.8. The Labute approximate surface area is 250 Å². The number of rotatable bonds is 7. The summed E-state index contributed by atoms with van der Waals surface area (Å²) in [7, 11) is 3.17. The molecule has 9 nitrogen and oxygen atoms in total. The molecule has 0 saturated carbocycles. The number of carbonyl (C=O) groups excluding carboxylic acids is 1. The summed E-state index contributed by atoms with van der Waals surface area (Å²) in [6.07, 6.45) is 0.376. The maximum absolute atomic E-state index is 12.5. The Hall–Kier alpha value is -4.81. The highest BCUT2D eigenvalue weighted by Crippen LogP contribution is 2.28. The number of hydrogen-bond donors (Lipinski definition) is 4. The number of anilines is 2. The average Bonchev–Trinajstić information content (AvgIpc) is 3.36. The van der Waals surface area contributed by atoms with Crippen LogP contribution in [0, 0.1) is 12.3 Å². The number of carbonyl (C=O) groups is 1. The van der Waals surface area contributed by atoms with Gasteiger partial charge in [-0.25, -0.2) is 18.9 Å². The highest BCUT2D eigenvalue weighted by molar-refractivity contribution is 5.99. The van der Waals surface area contributed by atoms with Gasteiger partial charge in [0, 0.05) is 26.0 Å². The highest BCUT2D eigenvalue weighted by Gasteiger charge is 2.32. The van der Waals surface area contributed by atoms with Crippen molar-refractivity contribution in [2.75, 3.05) is 31.7 Å². The normalized spacial score (nSPS) is 11.2. The molecule has 0 spiro atoms. The van der Waals surface area contributed by atoms with Crippen LogP contribution in [0.3, 0.4) is 0 Å². The molecule has 0 unspecified atom stereocenters. The molecule has 16 heteroatoms. The predicted molar refractivity (Wildman–Crippen MR) is 156 cm³/mol. The van der Waals surface area contributed by atoms with Crippen LogP contribution in [-0.2, 0) is 12.6 Å². The second-order valence-corrected chi connectivity index (χ2v) is 8.07. The van der Waals surface area contributed by atoms with Gasteiger partial charge in [-0.1, -0.05) is 31.9 Å². The maximum atomic E-state index is 12.5. The van der Waals surface area contributed by atoms with Gasteiger partial charge in [-0.15, -0.1) is 13.0 Å². The van der Waals surface area contributed by atoms with E-state index in [2.05, 4.69) is 38.2 Å². The lowest BCUT2D eigenvalue weighted by molar-refractivity contribution is -0.141. The first-order chi connectivity index (χ1) is 20.6. The summed E-state index contributed by atoms with van der Waals surface area (Å²) in [5.41, 5.74) is 6.23. The lowest BCUT2D eigenvalue weighted by atomic mass is 10.1. The van der Waals surface area contributed by atoms with Crippen LogP contribution >= 0.6 is 0 Å². The number of allylic oxidation sites excluding steroid dienone is 3. The van der Waals surface area contributed by atoms with Crippen LogP contribution in [0.25, 0.3) is 5.52 Å². The van der Waals surface area contributed by atoms with Crippen LogP contribution in [0.1, 0.15) is 48.8 Å². The number of nitrogens with one attached hydrogen (secondary N) is 3. The number of nitrogens with zero attached hydrogens (tertiary/aromatic N) is 4. The molecule has 0 saturated heterocycles. The largest absolute Gasteiger partial charge is 0.433 e. The molecule has 0 aromatic carbocycles. The Morgan fingerprint density at radius 2 is 1.82 bits per heavy atom. The summed E-state index contributed by atoms with van der Waals surface area (Å²) in [5.74, 6) is 1.44. The van der Waals surface area contributed by atoms with E-state index in [9.17, 15) is 35.5 Å². The van der Waals surface area contributed by atoms with Crippen LogP contribution in [0.15, 0.2) is 54.9 Å². The monoisotopic (exact) mass is 632 g/mol. The van der Waals surface area contributed by atoms with Gasteiger partial charge in [0.25, 0.3) is 5.91 Å². The van der Waals surface area contributed by atoms with Gasteiger partial charge in [0.15, 0.2) is 5.82 Å². The minimum atomic E-state index is -4.48. The summed E-state index contributed by atoms with van der Waals surface area (Å²) in [6.45, 7) is 7.79. The first-order valence-corrected chi connectivity index (χ1v) is 12.8. The molecule has 3 rings (SSSR count). The van der Waals surface area contributed by atoms with E-state index < -0.39 is 30.5 Å². The fourth-order valence-corrected chi connectivity index (χ4v) is 3.01. The third-order valence-electron chi connectivity index (χ3n) is 5.08. The molecular formula is C28H35F7N8O. The number of fused-ring (bicyclic) bond motifs is 1. The summed E-state index contributed by atoms with van der Waals surface area (Å²) >= 11 is 0. The number of alkyl halides is 6. The Morgan fingerprint density at radius 3 is 2.32 bits per heavy atom. The number of hydrogen-bond acceptors (Lipinski definition) is 7. The molecule has 3 aromatic heterocycles. The van der Waals surface area contributed by atoms with Crippen molar-refractivity contribution in [1.82, 2.24) is 30.2 Å². The van der Waals surface area contributed by atoms with Crippen LogP contribution < -0.4 is 21.7 Å². The molecule has 0 aliphatic rings. The van der Waals surface area contributed by atoms with E-state index in [1.54, 1.807) is 14.0 Å². The van der Waals surface area contributed by atoms with Gasteiger partial charge in [0.05, 0.1) is 12.0 Å². The Kier molecular flexibility index (Phi) is 16.6. The molecule has 3 heterocycles. The quantitative estimate of drug-likeness (QED) is 0.145. The van der Waals surface area contributed by atoms with E-state index in [1.165, 1.54) is 42.3 Å². The molecule has 0 radical (unpaired) electrons. The second kappa shape index (κ2) is 18.7.